The first-order valence-corrected chi connectivity index (χ1v) is 23.3. The average Bonchev–Trinajstić information content (AvgIpc) is 4.05. The molecule has 2 saturated heterocycles. The first-order chi connectivity index (χ1) is 33.5. The molecule has 0 aliphatic carbocycles. The van der Waals surface area contributed by atoms with Gasteiger partial charge in [-0.1, -0.05) is 90.1 Å². The van der Waals surface area contributed by atoms with Crippen LogP contribution in [0.2, 0.25) is 0 Å². The summed E-state index contributed by atoms with van der Waals surface area (Å²) in [7, 11) is 0. The second-order valence-corrected chi connectivity index (χ2v) is 17.5. The van der Waals surface area contributed by atoms with Gasteiger partial charge in [-0.3, -0.25) is 0 Å². The van der Waals surface area contributed by atoms with Crippen LogP contribution in [-0.4, -0.2) is 66.4 Å². The molecule has 0 radical (unpaired) electrons. The Kier molecular flexibility index (Phi) is 11.4. The number of piperidine rings is 2. The first-order valence-electron chi connectivity index (χ1n) is 23.3. The van der Waals surface area contributed by atoms with Gasteiger partial charge in [0.1, 0.15) is 0 Å². The van der Waals surface area contributed by atoms with Gasteiger partial charge in [0.25, 0.3) is 0 Å². The maximum atomic E-state index is 9.48. The molecule has 334 valence electrons. The fourth-order valence-electron chi connectivity index (χ4n) is 9.90. The molecule has 2 fully saturated rings. The smallest absolute Gasteiger partial charge is 0.170 e. The lowest BCUT2D eigenvalue weighted by Gasteiger charge is -2.28. The summed E-state index contributed by atoms with van der Waals surface area (Å²) in [5.41, 5.74) is 19.7. The SMILES string of the molecule is N#Cc1ccc(-c2cnn3cc(-c4ccc(N5CCCCC5)cc4)cnc23)c2ccccc12.N/C(=N/O)c1ccc(-c2cnn3cc(-c4ccc(N5CCCCC5)cc4)cnc23)c2ccccc12. The summed E-state index contributed by atoms with van der Waals surface area (Å²) < 4.78 is 3.67. The molecule has 10 aromatic rings. The minimum Gasteiger partial charge on any atom is -0.409 e. The fraction of sp³-hybridized carbons (Fsp3) is 0.179. The molecule has 6 heterocycles. The van der Waals surface area contributed by atoms with Crippen molar-refractivity contribution >= 4 is 50.0 Å². The van der Waals surface area contributed by atoms with E-state index in [0.29, 0.717) is 11.1 Å². The van der Waals surface area contributed by atoms with Crippen molar-refractivity contribution in [3.8, 4) is 50.6 Å². The number of benzene rings is 6. The Bertz CT molecular complexity index is 3520. The van der Waals surface area contributed by atoms with E-state index >= 15 is 0 Å². The predicted molar refractivity (Wildman–Crippen MR) is 272 cm³/mol. The Morgan fingerprint density at radius 1 is 0.500 bits per heavy atom. The van der Waals surface area contributed by atoms with Gasteiger partial charge in [-0.15, -0.1) is 0 Å². The van der Waals surface area contributed by atoms with E-state index in [1.165, 1.54) is 49.9 Å². The minimum atomic E-state index is 0.0849. The number of hydrogen-bond donors (Lipinski definition) is 2. The van der Waals surface area contributed by atoms with Crippen LogP contribution in [0.4, 0.5) is 11.4 Å². The average molecular weight is 892 g/mol. The van der Waals surface area contributed by atoms with Gasteiger partial charge < -0.3 is 20.7 Å². The van der Waals surface area contributed by atoms with Crippen molar-refractivity contribution < 1.29 is 5.21 Å². The van der Waals surface area contributed by atoms with Crippen LogP contribution in [0.5, 0.6) is 0 Å². The third-order valence-corrected chi connectivity index (χ3v) is 13.5. The van der Waals surface area contributed by atoms with Crippen LogP contribution in [0.15, 0.2) is 164 Å². The molecule has 2 aliphatic rings. The van der Waals surface area contributed by atoms with Gasteiger partial charge in [-0.05, 0) is 113 Å². The van der Waals surface area contributed by atoms with E-state index < -0.39 is 0 Å². The lowest BCUT2D eigenvalue weighted by Crippen LogP contribution is -2.29. The van der Waals surface area contributed by atoms with Crippen LogP contribution in [0.25, 0.3) is 77.3 Å². The zero-order valence-corrected chi connectivity index (χ0v) is 37.6. The van der Waals surface area contributed by atoms with Crippen molar-refractivity contribution in [2.45, 2.75) is 38.5 Å². The van der Waals surface area contributed by atoms with E-state index in [1.807, 2.05) is 119 Å². The Labute approximate surface area is 393 Å². The second kappa shape index (κ2) is 18.4. The van der Waals surface area contributed by atoms with Crippen LogP contribution in [0.1, 0.15) is 49.7 Å². The molecule has 0 spiro atoms. The first kappa shape index (κ1) is 42.1. The number of rotatable bonds is 7. The molecule has 12 rings (SSSR count). The molecular formula is C56H49N11O. The Balaban J connectivity index is 0.000000149. The summed E-state index contributed by atoms with van der Waals surface area (Å²) in [5.74, 6) is 0.0849. The second-order valence-electron chi connectivity index (χ2n) is 17.5. The van der Waals surface area contributed by atoms with Crippen molar-refractivity contribution in [3.05, 3.63) is 170 Å². The van der Waals surface area contributed by atoms with Crippen molar-refractivity contribution in [1.29, 1.82) is 5.26 Å². The van der Waals surface area contributed by atoms with Gasteiger partial charge in [0.05, 0.1) is 24.0 Å². The normalized spacial score (nSPS) is 14.3. The Morgan fingerprint density at radius 2 is 0.956 bits per heavy atom. The number of anilines is 2. The zero-order chi connectivity index (χ0) is 46.0. The van der Waals surface area contributed by atoms with Crippen LogP contribution in [-0.2, 0) is 0 Å². The maximum Gasteiger partial charge on any atom is 0.170 e. The molecule has 0 bridgehead atoms. The molecule has 12 nitrogen and oxygen atoms in total. The van der Waals surface area contributed by atoms with Crippen molar-refractivity contribution in [2.75, 3.05) is 36.0 Å². The summed E-state index contributed by atoms with van der Waals surface area (Å²) in [6, 6.07) is 43.4. The summed E-state index contributed by atoms with van der Waals surface area (Å²) in [5, 5.41) is 34.9. The molecule has 0 amide bonds. The molecule has 2 aliphatic heterocycles. The molecule has 0 saturated carbocycles. The lowest BCUT2D eigenvalue weighted by molar-refractivity contribution is 0.318. The van der Waals surface area contributed by atoms with E-state index in [0.717, 1.165) is 104 Å². The third kappa shape index (κ3) is 7.98. The number of nitriles is 1. The molecule has 68 heavy (non-hydrogen) atoms. The minimum absolute atomic E-state index is 0.0849. The summed E-state index contributed by atoms with van der Waals surface area (Å²) >= 11 is 0. The third-order valence-electron chi connectivity index (χ3n) is 13.5. The fourth-order valence-corrected chi connectivity index (χ4v) is 9.90. The predicted octanol–water partition coefficient (Wildman–Crippen LogP) is 11.4. The molecule has 4 aromatic heterocycles. The van der Waals surface area contributed by atoms with E-state index in [4.69, 9.17) is 15.7 Å². The zero-order valence-electron chi connectivity index (χ0n) is 37.6. The van der Waals surface area contributed by atoms with E-state index in [-0.39, 0.29) is 5.84 Å². The largest absolute Gasteiger partial charge is 0.409 e. The maximum absolute atomic E-state index is 9.48. The number of amidine groups is 1. The quantitative estimate of drug-likeness (QED) is 0.0690. The van der Waals surface area contributed by atoms with Gasteiger partial charge in [-0.25, -0.2) is 19.0 Å². The monoisotopic (exact) mass is 891 g/mol. The van der Waals surface area contributed by atoms with Gasteiger partial charge in [0.15, 0.2) is 17.1 Å². The van der Waals surface area contributed by atoms with Crippen LogP contribution in [0.3, 0.4) is 0 Å². The number of nitrogens with zero attached hydrogens (tertiary/aromatic N) is 10. The number of hydrogen-bond acceptors (Lipinski definition) is 9. The van der Waals surface area contributed by atoms with Crippen LogP contribution < -0.4 is 15.5 Å². The van der Waals surface area contributed by atoms with Gasteiger partial charge in [0.2, 0.25) is 0 Å². The Morgan fingerprint density at radius 3 is 1.44 bits per heavy atom. The van der Waals surface area contributed by atoms with Gasteiger partial charge >= 0.3 is 0 Å². The summed E-state index contributed by atoms with van der Waals surface area (Å²) in [6.07, 6.45) is 19.3. The molecular weight excluding hydrogens is 843 g/mol. The highest BCUT2D eigenvalue weighted by Gasteiger charge is 2.18. The molecule has 0 atom stereocenters. The summed E-state index contributed by atoms with van der Waals surface area (Å²) in [4.78, 5) is 14.5. The van der Waals surface area contributed by atoms with Crippen molar-refractivity contribution in [1.82, 2.24) is 29.2 Å². The summed E-state index contributed by atoms with van der Waals surface area (Å²) in [6.45, 7) is 4.57. The number of fused-ring (bicyclic) bond motifs is 4. The number of nitrogens with two attached hydrogens (primary N) is 1. The number of oxime groups is 1. The van der Waals surface area contributed by atoms with Crippen LogP contribution >= 0.6 is 0 Å². The molecule has 0 unspecified atom stereocenters. The Hall–Kier alpha value is -8.56. The topological polar surface area (TPSA) is 149 Å². The van der Waals surface area contributed by atoms with Crippen molar-refractivity contribution in [3.63, 3.8) is 0 Å². The van der Waals surface area contributed by atoms with E-state index in [2.05, 4.69) is 79.8 Å². The van der Waals surface area contributed by atoms with E-state index in [9.17, 15) is 10.5 Å². The number of aromatic nitrogens is 6. The highest BCUT2D eigenvalue weighted by Crippen LogP contribution is 2.36. The molecule has 3 N–H and O–H groups in total. The van der Waals surface area contributed by atoms with Crippen LogP contribution in [0, 0.1) is 11.3 Å². The molecule has 6 aromatic carbocycles. The van der Waals surface area contributed by atoms with Gasteiger partial charge in [-0.2, -0.15) is 15.5 Å². The van der Waals surface area contributed by atoms with Crippen molar-refractivity contribution in [2.24, 2.45) is 10.9 Å². The highest BCUT2D eigenvalue weighted by molar-refractivity contribution is 6.13. The molecule has 12 heteroatoms. The van der Waals surface area contributed by atoms with E-state index in [1.54, 1.807) is 0 Å². The highest BCUT2D eigenvalue weighted by atomic mass is 16.4. The lowest BCUT2D eigenvalue weighted by atomic mass is 9.96. The van der Waals surface area contributed by atoms with Gasteiger partial charge in [0, 0.05) is 95.5 Å². The standard InChI is InChI=1S/C28H26N6O.C28H23N5/c29-27(32-35)25-13-12-24(22-6-2-3-7-23(22)25)26-17-31-34-18-20(16-30-28(26)34)19-8-10-21(11-9-19)33-14-4-1-5-15-33;29-16-21-10-13-26(25-7-3-2-6-24(21)25)27-18-31-33-19-22(17-30-28(27)33)20-8-11-23(12-9-20)32-14-4-1-5-15-32/h2-3,6-13,16-18,35H,1,4-5,14-15H2,(H2,29,32);2-3,6-13,17-19H,1,4-5,14-15H2.